The second-order valence-electron chi connectivity index (χ2n) is 8.67. The third kappa shape index (κ3) is 4.78. The monoisotopic (exact) mass is 464 g/mol. The minimum absolute atomic E-state index is 0.113. The van der Waals surface area contributed by atoms with Crippen LogP contribution in [0.25, 0.3) is 0 Å². The molecular formula is C25H28N4O5. The van der Waals surface area contributed by atoms with Gasteiger partial charge in [0.15, 0.2) is 5.78 Å². The standard InChI is InChI=1S/C25H28N4O5/c1-2-34-24(31)19(28-21-16-22(30)25(21)12-4-3-5-13-25)15-17-8-10-18(11-9-17)27-23-20(29(32)33)7-6-14-26-23/h6-11,14,16,19,28H,2-5,12-13,15H2,1H3,(H,26,27)/t19-/m0/s1. The van der Waals surface area contributed by atoms with Crippen molar-refractivity contribution in [1.82, 2.24) is 10.3 Å². The molecule has 0 saturated heterocycles. The summed E-state index contributed by atoms with van der Waals surface area (Å²) in [5, 5.41) is 17.5. The molecule has 4 rings (SSSR count). The number of allylic oxidation sites excluding steroid dienone is 2. The molecule has 1 saturated carbocycles. The molecular weight excluding hydrogens is 436 g/mol. The van der Waals surface area contributed by atoms with Crippen LogP contribution in [0, 0.1) is 15.5 Å². The number of hydrogen-bond acceptors (Lipinski definition) is 8. The van der Waals surface area contributed by atoms with Gasteiger partial charge in [0.2, 0.25) is 5.82 Å². The highest BCUT2D eigenvalue weighted by molar-refractivity contribution is 6.05. The summed E-state index contributed by atoms with van der Waals surface area (Å²) in [4.78, 5) is 39.9. The van der Waals surface area contributed by atoms with Crippen LogP contribution in [0.2, 0.25) is 0 Å². The number of carbonyl (C=O) groups is 2. The number of nitrogens with one attached hydrogen (secondary N) is 2. The van der Waals surface area contributed by atoms with Crippen LogP contribution >= 0.6 is 0 Å². The number of rotatable bonds is 9. The minimum atomic E-state index is -0.617. The molecule has 0 bridgehead atoms. The van der Waals surface area contributed by atoms with Crippen molar-refractivity contribution in [2.75, 3.05) is 11.9 Å². The van der Waals surface area contributed by atoms with Gasteiger partial charge in [-0.15, -0.1) is 0 Å². The molecule has 1 heterocycles. The van der Waals surface area contributed by atoms with Gasteiger partial charge >= 0.3 is 11.7 Å². The summed E-state index contributed by atoms with van der Waals surface area (Å²) >= 11 is 0. The van der Waals surface area contributed by atoms with E-state index in [9.17, 15) is 19.7 Å². The largest absolute Gasteiger partial charge is 0.464 e. The molecule has 0 aliphatic heterocycles. The van der Waals surface area contributed by atoms with Gasteiger partial charge in [-0.3, -0.25) is 14.9 Å². The van der Waals surface area contributed by atoms with E-state index in [1.807, 2.05) is 12.1 Å². The maximum absolute atomic E-state index is 12.7. The minimum Gasteiger partial charge on any atom is -0.464 e. The molecule has 2 aliphatic carbocycles. The Bertz CT molecular complexity index is 1110. The highest BCUT2D eigenvalue weighted by Crippen LogP contribution is 2.48. The number of esters is 1. The van der Waals surface area contributed by atoms with Crippen LogP contribution in [0.1, 0.15) is 44.6 Å². The third-order valence-corrected chi connectivity index (χ3v) is 6.51. The fourth-order valence-electron chi connectivity index (χ4n) is 4.67. The summed E-state index contributed by atoms with van der Waals surface area (Å²) in [6.07, 6.45) is 8.27. The van der Waals surface area contributed by atoms with E-state index in [0.717, 1.165) is 43.4 Å². The maximum atomic E-state index is 12.7. The van der Waals surface area contributed by atoms with E-state index in [4.69, 9.17) is 4.74 Å². The Kier molecular flexibility index (Phi) is 6.90. The number of ketones is 1. The number of nitro groups is 1. The van der Waals surface area contributed by atoms with Gasteiger partial charge in [0.1, 0.15) is 6.04 Å². The highest BCUT2D eigenvalue weighted by Gasteiger charge is 2.49. The Morgan fingerprint density at radius 1 is 1.21 bits per heavy atom. The van der Waals surface area contributed by atoms with Crippen LogP contribution in [0.5, 0.6) is 0 Å². The van der Waals surface area contributed by atoms with Crippen molar-refractivity contribution in [2.45, 2.75) is 51.5 Å². The number of hydrogen-bond donors (Lipinski definition) is 2. The Balaban J connectivity index is 1.47. The Morgan fingerprint density at radius 2 is 1.94 bits per heavy atom. The number of ether oxygens (including phenoxy) is 1. The smallest absolute Gasteiger partial charge is 0.328 e. The predicted molar refractivity (Wildman–Crippen MR) is 126 cm³/mol. The first kappa shape index (κ1) is 23.4. The molecule has 9 nitrogen and oxygen atoms in total. The molecule has 0 unspecified atom stereocenters. The molecule has 34 heavy (non-hydrogen) atoms. The molecule has 1 aromatic carbocycles. The van der Waals surface area contributed by atoms with Gasteiger partial charge in [-0.1, -0.05) is 31.4 Å². The molecule has 2 N–H and O–H groups in total. The van der Waals surface area contributed by atoms with E-state index in [1.54, 1.807) is 25.1 Å². The van der Waals surface area contributed by atoms with Gasteiger partial charge in [-0.25, -0.2) is 9.78 Å². The van der Waals surface area contributed by atoms with Crippen molar-refractivity contribution in [1.29, 1.82) is 0 Å². The molecule has 2 aliphatic rings. The van der Waals surface area contributed by atoms with E-state index >= 15 is 0 Å². The summed E-state index contributed by atoms with van der Waals surface area (Å²) in [5.74, 6) is -0.0537. The Labute approximate surface area is 197 Å². The van der Waals surface area contributed by atoms with Crippen molar-refractivity contribution in [3.05, 3.63) is 70.0 Å². The van der Waals surface area contributed by atoms with Gasteiger partial charge in [0.05, 0.1) is 16.9 Å². The SMILES string of the molecule is CCOC(=O)[C@H](Cc1ccc(Nc2ncccc2[N+](=O)[O-])cc1)NC1=CC(=O)C12CCCCC2. The van der Waals surface area contributed by atoms with E-state index in [0.29, 0.717) is 12.1 Å². The number of benzene rings is 1. The summed E-state index contributed by atoms with van der Waals surface area (Å²) in [6.45, 7) is 2.03. The van der Waals surface area contributed by atoms with Crippen molar-refractivity contribution in [3.8, 4) is 0 Å². The maximum Gasteiger partial charge on any atom is 0.328 e. The molecule has 1 aromatic heterocycles. The van der Waals surface area contributed by atoms with Crippen molar-refractivity contribution in [2.24, 2.45) is 5.41 Å². The first-order valence-corrected chi connectivity index (χ1v) is 11.6. The van der Waals surface area contributed by atoms with Gasteiger partial charge in [0, 0.05) is 36.1 Å². The van der Waals surface area contributed by atoms with E-state index < -0.39 is 16.4 Å². The molecule has 1 spiro atoms. The van der Waals surface area contributed by atoms with Gasteiger partial charge in [0.25, 0.3) is 0 Å². The van der Waals surface area contributed by atoms with Crippen LogP contribution in [0.4, 0.5) is 17.2 Å². The van der Waals surface area contributed by atoms with Crippen LogP contribution in [0.3, 0.4) is 0 Å². The summed E-state index contributed by atoms with van der Waals surface area (Å²) in [5.41, 5.74) is 1.79. The first-order valence-electron chi connectivity index (χ1n) is 11.6. The molecule has 1 atom stereocenters. The number of nitrogens with zero attached hydrogens (tertiary/aromatic N) is 2. The molecule has 178 valence electrons. The fourth-order valence-corrected chi connectivity index (χ4v) is 4.67. The molecule has 9 heteroatoms. The van der Waals surface area contributed by atoms with Gasteiger partial charge < -0.3 is 15.4 Å². The topological polar surface area (TPSA) is 123 Å². The van der Waals surface area contributed by atoms with Crippen LogP contribution < -0.4 is 10.6 Å². The van der Waals surface area contributed by atoms with Gasteiger partial charge in [-0.2, -0.15) is 0 Å². The zero-order valence-corrected chi connectivity index (χ0v) is 19.1. The van der Waals surface area contributed by atoms with E-state index in [1.165, 1.54) is 18.3 Å². The van der Waals surface area contributed by atoms with E-state index in [-0.39, 0.29) is 29.9 Å². The zero-order valence-electron chi connectivity index (χ0n) is 19.1. The average Bonchev–Trinajstić information content (AvgIpc) is 2.85. The second kappa shape index (κ2) is 10.0. The van der Waals surface area contributed by atoms with Crippen LogP contribution in [-0.2, 0) is 20.7 Å². The van der Waals surface area contributed by atoms with Crippen LogP contribution in [0.15, 0.2) is 54.4 Å². The Hall–Kier alpha value is -3.75. The van der Waals surface area contributed by atoms with E-state index in [2.05, 4.69) is 15.6 Å². The number of pyridine rings is 1. The fraction of sp³-hybridized carbons (Fsp3) is 0.400. The summed E-state index contributed by atoms with van der Waals surface area (Å²) in [7, 11) is 0. The number of aromatic nitrogens is 1. The second-order valence-corrected chi connectivity index (χ2v) is 8.67. The molecule has 0 radical (unpaired) electrons. The van der Waals surface area contributed by atoms with Crippen molar-refractivity contribution in [3.63, 3.8) is 0 Å². The lowest BCUT2D eigenvalue weighted by Crippen LogP contribution is -2.52. The lowest BCUT2D eigenvalue weighted by molar-refractivity contribution is -0.384. The van der Waals surface area contributed by atoms with Crippen molar-refractivity contribution >= 4 is 28.9 Å². The third-order valence-electron chi connectivity index (χ3n) is 6.51. The molecule has 0 amide bonds. The predicted octanol–water partition coefficient (Wildman–Crippen LogP) is 4.21. The highest BCUT2D eigenvalue weighted by atomic mass is 16.6. The molecule has 2 aromatic rings. The first-order chi connectivity index (χ1) is 16.4. The number of carbonyl (C=O) groups excluding carboxylic acids is 2. The lowest BCUT2D eigenvalue weighted by atomic mass is 9.62. The normalized spacial score (nSPS) is 17.3. The number of anilines is 2. The lowest BCUT2D eigenvalue weighted by Gasteiger charge is -2.44. The average molecular weight is 465 g/mol. The van der Waals surface area contributed by atoms with Crippen LogP contribution in [-0.4, -0.2) is 34.3 Å². The quantitative estimate of drug-likeness (QED) is 0.321. The zero-order chi connectivity index (χ0) is 24.1. The van der Waals surface area contributed by atoms with Gasteiger partial charge in [-0.05, 0) is 43.5 Å². The van der Waals surface area contributed by atoms with Crippen molar-refractivity contribution < 1.29 is 19.2 Å². The Morgan fingerprint density at radius 3 is 2.59 bits per heavy atom. The molecule has 1 fully saturated rings. The summed E-state index contributed by atoms with van der Waals surface area (Å²) in [6, 6.07) is 9.54. The summed E-state index contributed by atoms with van der Waals surface area (Å²) < 4.78 is 5.29.